The molecular formula is C14H20Cl2N2O2. The van der Waals surface area contributed by atoms with Gasteiger partial charge in [0.15, 0.2) is 0 Å². The van der Waals surface area contributed by atoms with Crippen LogP contribution in [0.1, 0.15) is 27.2 Å². The van der Waals surface area contributed by atoms with Crippen LogP contribution in [0.15, 0.2) is 12.1 Å². The van der Waals surface area contributed by atoms with Crippen LogP contribution >= 0.6 is 23.2 Å². The Hall–Kier alpha value is -0.970. The molecule has 0 spiro atoms. The summed E-state index contributed by atoms with van der Waals surface area (Å²) in [6.45, 7) is 6.48. The second-order valence-corrected chi connectivity index (χ2v) is 5.81. The van der Waals surface area contributed by atoms with Crippen LogP contribution in [0.3, 0.4) is 0 Å². The van der Waals surface area contributed by atoms with Gasteiger partial charge in [-0.15, -0.1) is 0 Å². The van der Waals surface area contributed by atoms with Gasteiger partial charge in [0.2, 0.25) is 5.91 Å². The van der Waals surface area contributed by atoms with Crippen molar-refractivity contribution < 1.29 is 9.53 Å². The average molecular weight is 319 g/mol. The van der Waals surface area contributed by atoms with E-state index in [1.54, 1.807) is 6.07 Å². The molecular weight excluding hydrogens is 299 g/mol. The van der Waals surface area contributed by atoms with Gasteiger partial charge in [0.1, 0.15) is 0 Å². The minimum absolute atomic E-state index is 0.118. The summed E-state index contributed by atoms with van der Waals surface area (Å²) in [7, 11) is 0. The predicted octanol–water partition coefficient (Wildman–Crippen LogP) is 3.97. The lowest BCUT2D eigenvalue weighted by Gasteiger charge is -2.16. The molecule has 0 saturated heterocycles. The van der Waals surface area contributed by atoms with Crippen LogP contribution in [0.4, 0.5) is 11.4 Å². The Labute approximate surface area is 129 Å². The molecule has 0 radical (unpaired) electrons. The van der Waals surface area contributed by atoms with E-state index in [0.717, 1.165) is 0 Å². The first-order valence-electron chi connectivity index (χ1n) is 6.47. The van der Waals surface area contributed by atoms with Crippen molar-refractivity contribution >= 4 is 40.5 Å². The van der Waals surface area contributed by atoms with Gasteiger partial charge >= 0.3 is 0 Å². The first-order chi connectivity index (χ1) is 9.31. The first kappa shape index (κ1) is 17.1. The number of carbonyl (C=O) groups is 1. The SMILES string of the molecule is CC(C)C(C)OCCC(=O)Nc1c(N)cc(Cl)cc1Cl. The molecule has 1 unspecified atom stereocenters. The Bertz CT molecular complexity index is 455. The molecule has 1 aromatic carbocycles. The number of benzene rings is 1. The van der Waals surface area contributed by atoms with E-state index in [1.807, 2.05) is 6.92 Å². The van der Waals surface area contributed by atoms with E-state index in [-0.39, 0.29) is 18.4 Å². The predicted molar refractivity (Wildman–Crippen MR) is 84.4 cm³/mol. The zero-order valence-electron chi connectivity index (χ0n) is 11.9. The van der Waals surface area contributed by atoms with E-state index >= 15 is 0 Å². The van der Waals surface area contributed by atoms with Crippen LogP contribution in [0.5, 0.6) is 0 Å². The molecule has 1 aromatic rings. The van der Waals surface area contributed by atoms with E-state index in [2.05, 4.69) is 19.2 Å². The molecule has 0 fully saturated rings. The summed E-state index contributed by atoms with van der Waals surface area (Å²) >= 11 is 11.8. The van der Waals surface area contributed by atoms with Crippen molar-refractivity contribution in [3.05, 3.63) is 22.2 Å². The smallest absolute Gasteiger partial charge is 0.226 e. The van der Waals surface area contributed by atoms with Gasteiger partial charge in [-0.3, -0.25) is 4.79 Å². The van der Waals surface area contributed by atoms with Gasteiger partial charge in [0.25, 0.3) is 0 Å². The largest absolute Gasteiger partial charge is 0.397 e. The highest BCUT2D eigenvalue weighted by atomic mass is 35.5. The van der Waals surface area contributed by atoms with Crippen LogP contribution in [-0.2, 0) is 9.53 Å². The van der Waals surface area contributed by atoms with Gasteiger partial charge < -0.3 is 15.8 Å². The third-order valence-corrected chi connectivity index (χ3v) is 3.51. The number of ether oxygens (including phenoxy) is 1. The zero-order chi connectivity index (χ0) is 15.3. The maximum absolute atomic E-state index is 11.8. The van der Waals surface area contributed by atoms with Gasteiger partial charge in [0.05, 0.1) is 35.5 Å². The zero-order valence-corrected chi connectivity index (χ0v) is 13.4. The van der Waals surface area contributed by atoms with Crippen molar-refractivity contribution in [3.63, 3.8) is 0 Å². The van der Waals surface area contributed by atoms with Gasteiger partial charge in [0, 0.05) is 5.02 Å². The Morgan fingerprint density at radius 3 is 2.55 bits per heavy atom. The maximum atomic E-state index is 11.8. The maximum Gasteiger partial charge on any atom is 0.226 e. The number of anilines is 2. The summed E-state index contributed by atoms with van der Waals surface area (Å²) in [5, 5.41) is 3.42. The second kappa shape index (κ2) is 7.72. The molecule has 0 aliphatic rings. The molecule has 4 nitrogen and oxygen atoms in total. The summed E-state index contributed by atoms with van der Waals surface area (Å²) in [5.41, 5.74) is 6.50. The molecule has 0 saturated carbocycles. The van der Waals surface area contributed by atoms with E-state index in [4.69, 9.17) is 33.7 Å². The molecule has 0 aliphatic carbocycles. The lowest BCUT2D eigenvalue weighted by molar-refractivity contribution is -0.117. The fourth-order valence-corrected chi connectivity index (χ4v) is 2.01. The molecule has 6 heteroatoms. The second-order valence-electron chi connectivity index (χ2n) is 4.97. The number of rotatable bonds is 6. The third kappa shape index (κ3) is 5.19. The molecule has 0 heterocycles. The van der Waals surface area contributed by atoms with Gasteiger partial charge in [-0.2, -0.15) is 0 Å². The Morgan fingerprint density at radius 2 is 2.00 bits per heavy atom. The number of nitrogens with one attached hydrogen (secondary N) is 1. The van der Waals surface area contributed by atoms with E-state index in [9.17, 15) is 4.79 Å². The Kier molecular flexibility index (Phi) is 6.59. The van der Waals surface area contributed by atoms with Gasteiger partial charge in [-0.1, -0.05) is 37.0 Å². The fraction of sp³-hybridized carbons (Fsp3) is 0.500. The lowest BCUT2D eigenvalue weighted by atomic mass is 10.1. The highest BCUT2D eigenvalue weighted by Gasteiger charge is 2.12. The summed E-state index contributed by atoms with van der Waals surface area (Å²) in [4.78, 5) is 11.8. The third-order valence-electron chi connectivity index (χ3n) is 3.00. The summed E-state index contributed by atoms with van der Waals surface area (Å²) < 4.78 is 5.55. The minimum Gasteiger partial charge on any atom is -0.397 e. The molecule has 112 valence electrons. The van der Waals surface area contributed by atoms with Crippen molar-refractivity contribution in [1.82, 2.24) is 0 Å². The standard InChI is InChI=1S/C14H20Cl2N2O2/c1-8(2)9(3)20-5-4-13(19)18-14-11(16)6-10(15)7-12(14)17/h6-9H,4-5,17H2,1-3H3,(H,18,19). The number of nitrogens with two attached hydrogens (primary N) is 1. The normalized spacial score (nSPS) is 12.5. The highest BCUT2D eigenvalue weighted by Crippen LogP contribution is 2.32. The lowest BCUT2D eigenvalue weighted by Crippen LogP contribution is -2.20. The van der Waals surface area contributed by atoms with Crippen LogP contribution in [0.2, 0.25) is 10.0 Å². The van der Waals surface area contributed by atoms with E-state index < -0.39 is 0 Å². The number of nitrogen functional groups attached to an aromatic ring is 1. The molecule has 0 bridgehead atoms. The molecule has 1 atom stereocenters. The van der Waals surface area contributed by atoms with Crippen molar-refractivity contribution in [2.45, 2.75) is 33.3 Å². The first-order valence-corrected chi connectivity index (χ1v) is 7.22. The Balaban J connectivity index is 2.51. The van der Waals surface area contributed by atoms with Crippen LogP contribution in [-0.4, -0.2) is 18.6 Å². The van der Waals surface area contributed by atoms with Gasteiger partial charge in [-0.05, 0) is 25.0 Å². The summed E-state index contributed by atoms with van der Waals surface area (Å²) in [6, 6.07) is 3.08. The number of amides is 1. The fourth-order valence-electron chi connectivity index (χ4n) is 1.46. The average Bonchev–Trinajstić information content (AvgIpc) is 2.33. The highest BCUT2D eigenvalue weighted by molar-refractivity contribution is 6.37. The number of hydrogen-bond donors (Lipinski definition) is 2. The van der Waals surface area contributed by atoms with Crippen LogP contribution in [0.25, 0.3) is 0 Å². The van der Waals surface area contributed by atoms with Crippen LogP contribution in [0, 0.1) is 5.92 Å². The van der Waals surface area contributed by atoms with Crippen molar-refractivity contribution in [2.75, 3.05) is 17.7 Å². The van der Waals surface area contributed by atoms with Crippen molar-refractivity contribution in [1.29, 1.82) is 0 Å². The summed E-state index contributed by atoms with van der Waals surface area (Å²) in [5.74, 6) is 0.219. The molecule has 3 N–H and O–H groups in total. The quantitative estimate of drug-likeness (QED) is 0.780. The number of hydrogen-bond acceptors (Lipinski definition) is 3. The van der Waals surface area contributed by atoms with Crippen LogP contribution < -0.4 is 11.1 Å². The molecule has 20 heavy (non-hydrogen) atoms. The van der Waals surface area contributed by atoms with E-state index in [1.165, 1.54) is 6.07 Å². The number of halogens is 2. The molecule has 1 amide bonds. The molecule has 0 aliphatic heterocycles. The molecule has 1 rings (SSSR count). The topological polar surface area (TPSA) is 64.3 Å². The van der Waals surface area contributed by atoms with Crippen molar-refractivity contribution in [2.24, 2.45) is 5.92 Å². The number of carbonyl (C=O) groups excluding carboxylic acids is 1. The molecule has 0 aromatic heterocycles. The van der Waals surface area contributed by atoms with Crippen molar-refractivity contribution in [3.8, 4) is 0 Å². The summed E-state index contributed by atoms with van der Waals surface area (Å²) in [6.07, 6.45) is 0.363. The Morgan fingerprint density at radius 1 is 1.35 bits per heavy atom. The van der Waals surface area contributed by atoms with Gasteiger partial charge in [-0.25, -0.2) is 0 Å². The van der Waals surface area contributed by atoms with E-state index in [0.29, 0.717) is 33.9 Å². The minimum atomic E-state index is -0.197. The monoisotopic (exact) mass is 318 g/mol.